The molecule has 5 rings (SSSR count). The highest BCUT2D eigenvalue weighted by Gasteiger charge is 2.27. The van der Waals surface area contributed by atoms with Crippen LogP contribution in [-0.4, -0.2) is 41.6 Å². The predicted octanol–water partition coefficient (Wildman–Crippen LogP) is 5.27. The summed E-state index contributed by atoms with van der Waals surface area (Å²) in [5.41, 5.74) is 3.75. The Morgan fingerprint density at radius 3 is 2.56 bits per heavy atom. The van der Waals surface area contributed by atoms with E-state index in [1.807, 2.05) is 37.3 Å². The number of para-hydroxylation sites is 2. The van der Waals surface area contributed by atoms with Gasteiger partial charge in [0.15, 0.2) is 11.5 Å². The van der Waals surface area contributed by atoms with Gasteiger partial charge in [0.25, 0.3) is 0 Å². The smallest absolute Gasteiger partial charge is 0.229 e. The van der Waals surface area contributed by atoms with Gasteiger partial charge in [-0.3, -0.25) is 4.90 Å². The summed E-state index contributed by atoms with van der Waals surface area (Å²) >= 11 is 0. The number of rotatable bonds is 6. The minimum absolute atomic E-state index is 0.168. The fourth-order valence-electron chi connectivity index (χ4n) is 4.75. The molecule has 2 aromatic carbocycles. The first-order valence-corrected chi connectivity index (χ1v) is 12.0. The molecule has 0 bridgehead atoms. The topological polar surface area (TPSA) is 50.7 Å². The average Bonchev–Trinajstić information content (AvgIpc) is 2.87. The van der Waals surface area contributed by atoms with Crippen molar-refractivity contribution in [2.75, 3.05) is 31.6 Å². The Bertz CT molecular complexity index is 1160. The van der Waals surface area contributed by atoms with Gasteiger partial charge in [-0.2, -0.15) is 4.98 Å². The number of piperidine rings is 1. The monoisotopic (exact) mass is 462 g/mol. The van der Waals surface area contributed by atoms with Crippen LogP contribution >= 0.6 is 0 Å². The van der Waals surface area contributed by atoms with E-state index in [1.165, 1.54) is 6.42 Å². The molecule has 7 heteroatoms. The average molecular weight is 463 g/mol. The minimum atomic E-state index is -0.168. The second-order valence-corrected chi connectivity index (χ2v) is 9.11. The molecule has 2 aliphatic heterocycles. The van der Waals surface area contributed by atoms with Crippen LogP contribution in [0.25, 0.3) is 0 Å². The number of ether oxygens (including phenoxy) is 2. The van der Waals surface area contributed by atoms with Gasteiger partial charge in [-0.25, -0.2) is 9.37 Å². The zero-order valence-electron chi connectivity index (χ0n) is 19.9. The molecule has 3 heterocycles. The first-order valence-electron chi connectivity index (χ1n) is 12.0. The summed E-state index contributed by atoms with van der Waals surface area (Å²) in [4.78, 5) is 14.3. The molecule has 0 aliphatic carbocycles. The maximum Gasteiger partial charge on any atom is 0.229 e. The molecular formula is C27H31FN4O2. The van der Waals surface area contributed by atoms with Crippen molar-refractivity contribution in [2.24, 2.45) is 0 Å². The summed E-state index contributed by atoms with van der Waals surface area (Å²) in [7, 11) is 1.63. The predicted molar refractivity (Wildman–Crippen MR) is 130 cm³/mol. The number of fused-ring (bicyclic) bond motifs is 1. The van der Waals surface area contributed by atoms with E-state index in [0.29, 0.717) is 36.0 Å². The molecule has 2 aliphatic rings. The Labute approximate surface area is 200 Å². The number of hydrogen-bond donors (Lipinski definition) is 0. The number of hydrogen-bond acceptors (Lipinski definition) is 6. The molecule has 0 unspecified atom stereocenters. The second-order valence-electron chi connectivity index (χ2n) is 9.11. The van der Waals surface area contributed by atoms with Crippen LogP contribution in [0.15, 0.2) is 42.5 Å². The summed E-state index contributed by atoms with van der Waals surface area (Å²) in [5.74, 6) is 2.41. The lowest BCUT2D eigenvalue weighted by Crippen LogP contribution is -2.34. The van der Waals surface area contributed by atoms with Gasteiger partial charge in [-0.1, -0.05) is 29.8 Å². The van der Waals surface area contributed by atoms with Crippen LogP contribution in [0, 0.1) is 12.7 Å². The fraction of sp³-hybridized carbons (Fsp3) is 0.407. The highest BCUT2D eigenvalue weighted by molar-refractivity contribution is 5.47. The van der Waals surface area contributed by atoms with E-state index in [1.54, 1.807) is 19.2 Å². The maximum absolute atomic E-state index is 14.4. The molecule has 0 radical (unpaired) electrons. The van der Waals surface area contributed by atoms with Crippen LogP contribution < -0.4 is 14.4 Å². The highest BCUT2D eigenvalue weighted by atomic mass is 19.1. The van der Waals surface area contributed by atoms with Gasteiger partial charge < -0.3 is 14.4 Å². The van der Waals surface area contributed by atoms with Crippen LogP contribution in [-0.2, 0) is 19.5 Å². The van der Waals surface area contributed by atoms with Gasteiger partial charge >= 0.3 is 0 Å². The molecule has 1 saturated heterocycles. The Balaban J connectivity index is 1.48. The van der Waals surface area contributed by atoms with Crippen molar-refractivity contribution >= 4 is 5.95 Å². The molecule has 34 heavy (non-hydrogen) atoms. The van der Waals surface area contributed by atoms with E-state index in [9.17, 15) is 4.39 Å². The third kappa shape index (κ3) is 4.85. The molecule has 0 atom stereocenters. The molecule has 1 fully saturated rings. The van der Waals surface area contributed by atoms with Gasteiger partial charge in [-0.05, 0) is 44.4 Å². The molecule has 0 saturated carbocycles. The standard InChI is InChI=1S/C27H31FN4O2/c1-19-10-11-22(28)20(16-19)17-31-15-12-23-21(18-31)26(34-25-9-5-4-8-24(25)33-2)30-27(29-23)32-13-6-3-7-14-32/h4-5,8-11,16H,3,6-7,12-15,17-18H2,1-2H3. The third-order valence-corrected chi connectivity index (χ3v) is 6.60. The Hall–Kier alpha value is -3.19. The van der Waals surface area contributed by atoms with Crippen molar-refractivity contribution in [2.45, 2.75) is 45.7 Å². The summed E-state index contributed by atoms with van der Waals surface area (Å²) < 4.78 is 26.3. The summed E-state index contributed by atoms with van der Waals surface area (Å²) in [6.45, 7) is 5.87. The molecule has 178 valence electrons. The van der Waals surface area contributed by atoms with E-state index in [0.717, 1.165) is 61.7 Å². The largest absolute Gasteiger partial charge is 0.493 e. The first-order chi connectivity index (χ1) is 16.6. The van der Waals surface area contributed by atoms with Crippen molar-refractivity contribution in [3.8, 4) is 17.4 Å². The number of halogens is 1. The van der Waals surface area contributed by atoms with Crippen LogP contribution in [0.1, 0.15) is 41.6 Å². The van der Waals surface area contributed by atoms with Gasteiger partial charge in [0.2, 0.25) is 11.8 Å². The van der Waals surface area contributed by atoms with Gasteiger partial charge in [-0.15, -0.1) is 0 Å². The van der Waals surface area contributed by atoms with E-state index < -0.39 is 0 Å². The molecule has 0 amide bonds. The molecule has 0 N–H and O–H groups in total. The summed E-state index contributed by atoms with van der Waals surface area (Å²) in [6, 6.07) is 12.9. The van der Waals surface area contributed by atoms with Crippen molar-refractivity contribution < 1.29 is 13.9 Å². The van der Waals surface area contributed by atoms with Crippen LogP contribution in [0.3, 0.4) is 0 Å². The Kier molecular flexibility index (Phi) is 6.63. The van der Waals surface area contributed by atoms with Crippen molar-refractivity contribution in [1.82, 2.24) is 14.9 Å². The minimum Gasteiger partial charge on any atom is -0.493 e. The van der Waals surface area contributed by atoms with Gasteiger partial charge in [0, 0.05) is 44.7 Å². The molecule has 3 aromatic rings. The summed E-state index contributed by atoms with van der Waals surface area (Å²) in [6.07, 6.45) is 4.32. The number of benzene rings is 2. The molecular weight excluding hydrogens is 431 g/mol. The van der Waals surface area contributed by atoms with Crippen LogP contribution in [0.2, 0.25) is 0 Å². The fourth-order valence-corrected chi connectivity index (χ4v) is 4.75. The van der Waals surface area contributed by atoms with E-state index in [-0.39, 0.29) is 5.82 Å². The third-order valence-electron chi connectivity index (χ3n) is 6.60. The summed E-state index contributed by atoms with van der Waals surface area (Å²) in [5, 5.41) is 0. The maximum atomic E-state index is 14.4. The number of nitrogens with zero attached hydrogens (tertiary/aromatic N) is 4. The second kappa shape index (κ2) is 9.97. The highest BCUT2D eigenvalue weighted by Crippen LogP contribution is 2.36. The van der Waals surface area contributed by atoms with Crippen LogP contribution in [0.5, 0.6) is 17.4 Å². The number of methoxy groups -OCH3 is 1. The van der Waals surface area contributed by atoms with Gasteiger partial charge in [0.1, 0.15) is 5.82 Å². The SMILES string of the molecule is COc1ccccc1Oc1nc(N2CCCCC2)nc2c1CN(Cc1cc(C)ccc1F)CC2. The lowest BCUT2D eigenvalue weighted by molar-refractivity contribution is 0.234. The number of aromatic nitrogens is 2. The lowest BCUT2D eigenvalue weighted by Gasteiger charge is -2.32. The zero-order valence-corrected chi connectivity index (χ0v) is 19.9. The zero-order chi connectivity index (χ0) is 23.5. The van der Waals surface area contributed by atoms with Crippen molar-refractivity contribution in [1.29, 1.82) is 0 Å². The Morgan fingerprint density at radius 1 is 0.971 bits per heavy atom. The Morgan fingerprint density at radius 2 is 1.76 bits per heavy atom. The van der Waals surface area contributed by atoms with Crippen molar-refractivity contribution in [3.05, 3.63) is 70.7 Å². The normalized spacial score (nSPS) is 16.3. The quantitative estimate of drug-likeness (QED) is 0.497. The lowest BCUT2D eigenvalue weighted by atomic mass is 10.0. The van der Waals surface area contributed by atoms with E-state index in [2.05, 4.69) is 9.80 Å². The van der Waals surface area contributed by atoms with Gasteiger partial charge in [0.05, 0.1) is 18.4 Å². The number of anilines is 1. The molecule has 6 nitrogen and oxygen atoms in total. The number of aryl methyl sites for hydroxylation is 1. The molecule has 1 aromatic heterocycles. The van der Waals surface area contributed by atoms with E-state index in [4.69, 9.17) is 19.4 Å². The van der Waals surface area contributed by atoms with E-state index >= 15 is 0 Å². The first kappa shape index (κ1) is 22.6. The van der Waals surface area contributed by atoms with Crippen LogP contribution in [0.4, 0.5) is 10.3 Å². The van der Waals surface area contributed by atoms with Crippen molar-refractivity contribution in [3.63, 3.8) is 0 Å². The molecule has 0 spiro atoms.